The van der Waals surface area contributed by atoms with Gasteiger partial charge in [-0.15, -0.1) is 0 Å². The number of rotatable bonds is 4. The molecule has 20 heavy (non-hydrogen) atoms. The van der Waals surface area contributed by atoms with E-state index in [4.69, 9.17) is 0 Å². The van der Waals surface area contributed by atoms with Gasteiger partial charge in [0, 0.05) is 44.3 Å². The molecule has 0 saturated carbocycles. The molecule has 2 aromatic rings. The van der Waals surface area contributed by atoms with Crippen molar-refractivity contribution < 1.29 is 4.79 Å². The van der Waals surface area contributed by atoms with Crippen molar-refractivity contribution in [3.63, 3.8) is 0 Å². The van der Waals surface area contributed by atoms with Crippen LogP contribution < -0.4 is 16.2 Å². The Morgan fingerprint density at radius 1 is 1.30 bits per heavy atom. The Morgan fingerprint density at radius 3 is 2.90 bits per heavy atom. The zero-order valence-electron chi connectivity index (χ0n) is 11.0. The van der Waals surface area contributed by atoms with Crippen LogP contribution in [0.1, 0.15) is 5.69 Å². The highest BCUT2D eigenvalue weighted by atomic mass is 16.2. The Labute approximate surface area is 115 Å². The molecule has 0 saturated heterocycles. The average Bonchev–Trinajstić information content (AvgIpc) is 2.45. The van der Waals surface area contributed by atoms with E-state index >= 15 is 0 Å². The fraction of sp³-hybridized carbons (Fsp3) is 0.231. The van der Waals surface area contributed by atoms with Gasteiger partial charge in [-0.3, -0.25) is 15.1 Å². The van der Waals surface area contributed by atoms with E-state index in [0.29, 0.717) is 13.0 Å². The van der Waals surface area contributed by atoms with Crippen LogP contribution in [-0.2, 0) is 13.5 Å². The molecule has 2 rings (SSSR count). The van der Waals surface area contributed by atoms with Gasteiger partial charge in [0.25, 0.3) is 5.56 Å². The molecule has 2 N–H and O–H groups in total. The Balaban J connectivity index is 1.84. The van der Waals surface area contributed by atoms with Gasteiger partial charge >= 0.3 is 6.03 Å². The number of carbonyl (C=O) groups excluding carboxylic acids is 1. The van der Waals surface area contributed by atoms with Crippen LogP contribution in [0.5, 0.6) is 0 Å². The van der Waals surface area contributed by atoms with Gasteiger partial charge in [0.15, 0.2) is 0 Å². The summed E-state index contributed by atoms with van der Waals surface area (Å²) in [5.41, 5.74) is 0.536. The second-order valence-electron chi connectivity index (χ2n) is 4.14. The Kier molecular flexibility index (Phi) is 4.43. The lowest BCUT2D eigenvalue weighted by molar-refractivity contribution is 0.252. The maximum absolute atomic E-state index is 11.6. The summed E-state index contributed by atoms with van der Waals surface area (Å²) in [6, 6.07) is 5.14. The number of nitrogens with zero attached hydrogens (tertiary/aromatic N) is 3. The lowest BCUT2D eigenvalue weighted by atomic mass is 10.3. The Bertz CT molecular complexity index is 639. The van der Waals surface area contributed by atoms with Crippen molar-refractivity contribution in [3.05, 3.63) is 52.8 Å². The highest BCUT2D eigenvalue weighted by molar-refractivity contribution is 5.87. The molecule has 2 aromatic heterocycles. The van der Waals surface area contributed by atoms with Crippen molar-refractivity contribution in [2.45, 2.75) is 6.42 Å². The van der Waals surface area contributed by atoms with Gasteiger partial charge < -0.3 is 9.88 Å². The van der Waals surface area contributed by atoms with Crippen LogP contribution in [0, 0.1) is 0 Å². The molecule has 2 heterocycles. The van der Waals surface area contributed by atoms with Gasteiger partial charge in [-0.1, -0.05) is 6.07 Å². The first-order valence-corrected chi connectivity index (χ1v) is 6.13. The van der Waals surface area contributed by atoms with Crippen LogP contribution in [0.25, 0.3) is 0 Å². The Morgan fingerprint density at radius 2 is 2.15 bits per heavy atom. The lowest BCUT2D eigenvalue weighted by Crippen LogP contribution is -2.34. The first kappa shape index (κ1) is 13.7. The molecule has 0 unspecified atom stereocenters. The summed E-state index contributed by atoms with van der Waals surface area (Å²) in [6.45, 7) is 0.427. The predicted molar refractivity (Wildman–Crippen MR) is 74.4 cm³/mol. The molecule has 0 fully saturated rings. The fourth-order valence-corrected chi connectivity index (χ4v) is 1.59. The van der Waals surface area contributed by atoms with Crippen LogP contribution in [0.3, 0.4) is 0 Å². The number of pyridine rings is 1. The minimum absolute atomic E-state index is 0.00494. The van der Waals surface area contributed by atoms with Crippen LogP contribution in [0.2, 0.25) is 0 Å². The first-order valence-electron chi connectivity index (χ1n) is 6.13. The van der Waals surface area contributed by atoms with E-state index in [1.807, 2.05) is 18.2 Å². The van der Waals surface area contributed by atoms with E-state index in [0.717, 1.165) is 5.69 Å². The zero-order chi connectivity index (χ0) is 14.4. The van der Waals surface area contributed by atoms with Gasteiger partial charge in [0.2, 0.25) is 5.82 Å². The third kappa shape index (κ3) is 3.64. The first-order chi connectivity index (χ1) is 9.66. The van der Waals surface area contributed by atoms with Crippen LogP contribution in [-0.4, -0.2) is 27.1 Å². The summed E-state index contributed by atoms with van der Waals surface area (Å²) in [5, 5.41) is 5.07. The molecule has 0 aliphatic rings. The lowest BCUT2D eigenvalue weighted by Gasteiger charge is -2.07. The van der Waals surface area contributed by atoms with Crippen molar-refractivity contribution in [1.29, 1.82) is 0 Å². The number of amides is 2. The molecule has 0 bridgehead atoms. The van der Waals surface area contributed by atoms with Gasteiger partial charge in [-0.25, -0.2) is 9.78 Å². The normalized spacial score (nSPS) is 10.1. The molecule has 0 spiro atoms. The van der Waals surface area contributed by atoms with Gasteiger partial charge in [-0.05, 0) is 12.1 Å². The van der Waals surface area contributed by atoms with Crippen molar-refractivity contribution >= 4 is 11.8 Å². The third-order valence-electron chi connectivity index (χ3n) is 2.64. The molecule has 0 atom stereocenters. The van der Waals surface area contributed by atoms with Crippen molar-refractivity contribution in [2.24, 2.45) is 7.05 Å². The molecule has 2 amide bonds. The summed E-state index contributed by atoms with van der Waals surface area (Å²) in [4.78, 5) is 31.3. The molecule has 0 aliphatic heterocycles. The number of aromatic nitrogens is 3. The van der Waals surface area contributed by atoms with Gasteiger partial charge in [-0.2, -0.15) is 0 Å². The number of hydrogen-bond donors (Lipinski definition) is 2. The second-order valence-corrected chi connectivity index (χ2v) is 4.14. The van der Waals surface area contributed by atoms with E-state index in [9.17, 15) is 9.59 Å². The smallest absolute Gasteiger partial charge is 0.320 e. The van der Waals surface area contributed by atoms with Crippen molar-refractivity contribution in [3.8, 4) is 0 Å². The molecule has 7 heteroatoms. The summed E-state index contributed by atoms with van der Waals surface area (Å²) in [6.07, 6.45) is 5.29. The van der Waals surface area contributed by atoms with E-state index in [1.54, 1.807) is 13.2 Å². The standard InChI is InChI=1S/C13H15N5O2/c1-18-9-8-15-11(12(18)19)17-13(20)16-7-5-10-4-2-3-6-14-10/h2-4,6,8-9H,5,7H2,1H3,(H2,15,16,17,20). The Hall–Kier alpha value is -2.70. The largest absolute Gasteiger partial charge is 0.337 e. The third-order valence-corrected chi connectivity index (χ3v) is 2.64. The van der Waals surface area contributed by atoms with Crippen molar-refractivity contribution in [2.75, 3.05) is 11.9 Å². The molecule has 0 aliphatic carbocycles. The average molecular weight is 273 g/mol. The zero-order valence-corrected chi connectivity index (χ0v) is 11.0. The molecule has 7 nitrogen and oxygen atoms in total. The highest BCUT2D eigenvalue weighted by Gasteiger charge is 2.06. The van der Waals surface area contributed by atoms with E-state index in [1.165, 1.54) is 17.0 Å². The van der Waals surface area contributed by atoms with E-state index < -0.39 is 6.03 Å². The molecule has 104 valence electrons. The highest BCUT2D eigenvalue weighted by Crippen LogP contribution is 1.94. The molecule has 0 radical (unpaired) electrons. The van der Waals surface area contributed by atoms with Gasteiger partial charge in [0.1, 0.15) is 0 Å². The summed E-state index contributed by atoms with van der Waals surface area (Å²) < 4.78 is 1.34. The fourth-order valence-electron chi connectivity index (χ4n) is 1.59. The number of anilines is 1. The molecule has 0 aromatic carbocycles. The minimum atomic E-state index is -0.461. The summed E-state index contributed by atoms with van der Waals surface area (Å²) in [5.74, 6) is 0.00494. The maximum Gasteiger partial charge on any atom is 0.320 e. The van der Waals surface area contributed by atoms with E-state index in [2.05, 4.69) is 20.6 Å². The number of hydrogen-bond acceptors (Lipinski definition) is 4. The number of aryl methyl sites for hydroxylation is 1. The van der Waals surface area contributed by atoms with E-state index in [-0.39, 0.29) is 11.4 Å². The SMILES string of the molecule is Cn1ccnc(NC(=O)NCCc2ccccn2)c1=O. The number of nitrogens with one attached hydrogen (secondary N) is 2. The second kappa shape index (κ2) is 6.46. The van der Waals surface area contributed by atoms with Crippen LogP contribution >= 0.6 is 0 Å². The van der Waals surface area contributed by atoms with Crippen LogP contribution in [0.4, 0.5) is 10.6 Å². The summed E-state index contributed by atoms with van der Waals surface area (Å²) in [7, 11) is 1.59. The topological polar surface area (TPSA) is 88.9 Å². The van der Waals surface area contributed by atoms with Crippen molar-refractivity contribution in [1.82, 2.24) is 19.9 Å². The minimum Gasteiger partial charge on any atom is -0.337 e. The number of carbonyl (C=O) groups is 1. The van der Waals surface area contributed by atoms with Gasteiger partial charge in [0.05, 0.1) is 0 Å². The summed E-state index contributed by atoms with van der Waals surface area (Å²) >= 11 is 0. The molecular formula is C13H15N5O2. The monoisotopic (exact) mass is 273 g/mol. The number of urea groups is 1. The maximum atomic E-state index is 11.6. The molecular weight excluding hydrogens is 258 g/mol. The van der Waals surface area contributed by atoms with Crippen LogP contribution in [0.15, 0.2) is 41.6 Å². The predicted octanol–water partition coefficient (Wildman–Crippen LogP) is 0.539. The quantitative estimate of drug-likeness (QED) is 0.851.